The Morgan fingerprint density at radius 1 is 1.00 bits per heavy atom. The van der Waals surface area contributed by atoms with Crippen molar-refractivity contribution in [1.29, 1.82) is 0 Å². The van der Waals surface area contributed by atoms with E-state index in [1.807, 2.05) is 32.0 Å². The van der Waals surface area contributed by atoms with Gasteiger partial charge in [0.05, 0.1) is 5.52 Å². The van der Waals surface area contributed by atoms with Gasteiger partial charge in [-0.25, -0.2) is 14.8 Å². The van der Waals surface area contributed by atoms with Gasteiger partial charge in [0, 0.05) is 35.7 Å². The van der Waals surface area contributed by atoms with E-state index >= 15 is 0 Å². The molecule has 0 bridgehead atoms. The number of hydrazine groups is 1. The normalized spacial score (nSPS) is 10.9. The number of amides is 2. The van der Waals surface area contributed by atoms with Gasteiger partial charge in [0.15, 0.2) is 10.7 Å². The maximum Gasteiger partial charge on any atom is 0.419 e. The molecule has 34 heavy (non-hydrogen) atoms. The van der Waals surface area contributed by atoms with Gasteiger partial charge in [-0.1, -0.05) is 36.0 Å². The summed E-state index contributed by atoms with van der Waals surface area (Å²) >= 11 is 1.53. The van der Waals surface area contributed by atoms with Gasteiger partial charge in [-0.15, -0.1) is 0 Å². The fourth-order valence-electron chi connectivity index (χ4n) is 3.36. The highest BCUT2D eigenvalue weighted by atomic mass is 32.2. The van der Waals surface area contributed by atoms with Gasteiger partial charge >= 0.3 is 5.76 Å². The van der Waals surface area contributed by atoms with Crippen molar-refractivity contribution in [3.05, 3.63) is 87.7 Å². The van der Waals surface area contributed by atoms with Crippen LogP contribution in [0.4, 0.5) is 0 Å². The van der Waals surface area contributed by atoms with E-state index in [2.05, 4.69) is 20.8 Å². The summed E-state index contributed by atoms with van der Waals surface area (Å²) in [5.41, 5.74) is 9.13. The minimum absolute atomic E-state index is 0.000378. The summed E-state index contributed by atoms with van der Waals surface area (Å²) in [6.07, 6.45) is 0.000378. The van der Waals surface area contributed by atoms with Gasteiger partial charge in [0.2, 0.25) is 5.91 Å². The molecule has 9 nitrogen and oxygen atoms in total. The molecule has 0 aliphatic heterocycles. The molecule has 0 spiro atoms. The second kappa shape index (κ2) is 10.3. The van der Waals surface area contributed by atoms with Crippen molar-refractivity contribution in [1.82, 2.24) is 25.4 Å². The topological polar surface area (TPSA) is 119 Å². The Balaban J connectivity index is 1.26. The summed E-state index contributed by atoms with van der Waals surface area (Å²) in [4.78, 5) is 45.3. The molecule has 2 N–H and O–H groups in total. The minimum atomic E-state index is -0.527. The molecule has 174 valence electrons. The summed E-state index contributed by atoms with van der Waals surface area (Å²) in [6, 6.07) is 16.0. The first-order chi connectivity index (χ1) is 16.4. The number of oxazole rings is 1. The molecule has 2 aromatic carbocycles. The van der Waals surface area contributed by atoms with Gasteiger partial charge in [-0.05, 0) is 49.7 Å². The number of hydrogen-bond acceptors (Lipinski definition) is 7. The molecule has 0 fully saturated rings. The number of benzene rings is 2. The molecule has 4 rings (SSSR count). The lowest BCUT2D eigenvalue weighted by Gasteiger charge is -2.08. The van der Waals surface area contributed by atoms with E-state index in [-0.39, 0.29) is 13.0 Å². The fraction of sp³-hybridized carbons (Fsp3) is 0.208. The van der Waals surface area contributed by atoms with E-state index in [1.54, 1.807) is 36.4 Å². The molecule has 0 saturated heterocycles. The van der Waals surface area contributed by atoms with Crippen molar-refractivity contribution in [2.45, 2.75) is 37.7 Å². The lowest BCUT2D eigenvalue weighted by atomic mass is 10.1. The van der Waals surface area contributed by atoms with E-state index in [4.69, 9.17) is 4.42 Å². The van der Waals surface area contributed by atoms with E-state index in [1.165, 1.54) is 16.3 Å². The van der Waals surface area contributed by atoms with Gasteiger partial charge < -0.3 is 4.42 Å². The van der Waals surface area contributed by atoms with Crippen LogP contribution in [0.25, 0.3) is 11.1 Å². The van der Waals surface area contributed by atoms with E-state index in [0.29, 0.717) is 27.6 Å². The molecule has 2 heterocycles. The van der Waals surface area contributed by atoms with E-state index in [0.717, 1.165) is 17.0 Å². The highest BCUT2D eigenvalue weighted by Crippen LogP contribution is 2.20. The van der Waals surface area contributed by atoms with Crippen LogP contribution in [0.1, 0.15) is 33.7 Å². The molecule has 0 aliphatic carbocycles. The van der Waals surface area contributed by atoms with E-state index in [9.17, 15) is 14.4 Å². The quantitative estimate of drug-likeness (QED) is 0.238. The summed E-state index contributed by atoms with van der Waals surface area (Å²) in [5.74, 6) is -0.715. The monoisotopic (exact) mass is 477 g/mol. The Labute approximate surface area is 199 Å². The Kier molecular flexibility index (Phi) is 7.07. The average molecular weight is 478 g/mol. The number of carbonyl (C=O) groups excluding carboxylic acids is 2. The number of hydrogen-bond donors (Lipinski definition) is 2. The number of rotatable bonds is 7. The summed E-state index contributed by atoms with van der Waals surface area (Å²) in [5, 5.41) is 0.715. The minimum Gasteiger partial charge on any atom is -0.408 e. The number of nitrogens with zero attached hydrogens (tertiary/aromatic N) is 3. The Bertz CT molecular complexity index is 1370. The number of fused-ring (bicyclic) bond motifs is 1. The SMILES string of the molecule is Cc1cc(C)nc(SCc2ccc(C(=O)NNC(=O)CCn3c(=O)oc4ccccc43)cc2)n1. The van der Waals surface area contributed by atoms with Crippen molar-refractivity contribution in [3.8, 4) is 0 Å². The van der Waals surface area contributed by atoms with Crippen LogP contribution in [0.3, 0.4) is 0 Å². The smallest absolute Gasteiger partial charge is 0.408 e. The number of carbonyl (C=O) groups is 2. The third-order valence-corrected chi connectivity index (χ3v) is 5.92. The summed E-state index contributed by atoms with van der Waals surface area (Å²) in [6.45, 7) is 4.00. The standard InChI is InChI=1S/C24H23N5O4S/c1-15-13-16(2)26-23(25-15)34-14-17-7-9-18(10-8-17)22(31)28-27-21(30)11-12-29-19-5-3-4-6-20(19)33-24(29)32/h3-10,13H,11-12,14H2,1-2H3,(H,27,30)(H,28,31). The third kappa shape index (κ3) is 5.70. The molecule has 2 aromatic heterocycles. The van der Waals surface area contributed by atoms with Crippen LogP contribution in [-0.4, -0.2) is 26.3 Å². The van der Waals surface area contributed by atoms with Crippen LogP contribution in [-0.2, 0) is 17.1 Å². The Morgan fingerprint density at radius 3 is 2.44 bits per heavy atom. The number of aryl methyl sites for hydroxylation is 3. The molecule has 2 amide bonds. The van der Waals surface area contributed by atoms with Crippen LogP contribution in [0.15, 0.2) is 69.0 Å². The third-order valence-electron chi connectivity index (χ3n) is 5.00. The van der Waals surface area contributed by atoms with Crippen molar-refractivity contribution >= 4 is 34.7 Å². The molecule has 10 heteroatoms. The Hall–Kier alpha value is -3.92. The van der Waals surface area contributed by atoms with Crippen LogP contribution in [0.5, 0.6) is 0 Å². The summed E-state index contributed by atoms with van der Waals surface area (Å²) in [7, 11) is 0. The lowest BCUT2D eigenvalue weighted by molar-refractivity contribution is -0.122. The lowest BCUT2D eigenvalue weighted by Crippen LogP contribution is -2.42. The maximum atomic E-state index is 12.4. The Morgan fingerprint density at radius 2 is 1.71 bits per heavy atom. The van der Waals surface area contributed by atoms with Crippen LogP contribution in [0.2, 0.25) is 0 Å². The second-order valence-electron chi connectivity index (χ2n) is 7.66. The molecule has 0 unspecified atom stereocenters. The first-order valence-electron chi connectivity index (χ1n) is 10.6. The molecule has 0 aliphatic rings. The fourth-order valence-corrected chi connectivity index (χ4v) is 4.26. The number of thioether (sulfide) groups is 1. The number of nitrogens with one attached hydrogen (secondary N) is 2. The van der Waals surface area contributed by atoms with Crippen LogP contribution >= 0.6 is 11.8 Å². The number of aromatic nitrogens is 3. The predicted molar refractivity (Wildman–Crippen MR) is 128 cm³/mol. The van der Waals surface area contributed by atoms with Gasteiger partial charge in [-0.3, -0.25) is 25.0 Å². The molecule has 0 saturated carbocycles. The van der Waals surface area contributed by atoms with Crippen molar-refractivity contribution in [2.24, 2.45) is 0 Å². The van der Waals surface area contributed by atoms with Crippen LogP contribution in [0, 0.1) is 13.8 Å². The molecule has 4 aromatic rings. The highest BCUT2D eigenvalue weighted by molar-refractivity contribution is 7.98. The zero-order valence-electron chi connectivity index (χ0n) is 18.7. The molecular weight excluding hydrogens is 454 g/mol. The van der Waals surface area contributed by atoms with Gasteiger partial charge in [-0.2, -0.15) is 0 Å². The summed E-state index contributed by atoms with van der Waals surface area (Å²) < 4.78 is 6.53. The van der Waals surface area contributed by atoms with Crippen molar-refractivity contribution < 1.29 is 14.0 Å². The van der Waals surface area contributed by atoms with Crippen molar-refractivity contribution in [2.75, 3.05) is 0 Å². The largest absolute Gasteiger partial charge is 0.419 e. The highest BCUT2D eigenvalue weighted by Gasteiger charge is 2.12. The zero-order chi connectivity index (χ0) is 24.1. The predicted octanol–water partition coefficient (Wildman–Crippen LogP) is 3.14. The van der Waals surface area contributed by atoms with Gasteiger partial charge in [0.1, 0.15) is 0 Å². The van der Waals surface area contributed by atoms with E-state index < -0.39 is 17.6 Å². The molecular formula is C24H23N5O4S. The van der Waals surface area contributed by atoms with Crippen molar-refractivity contribution in [3.63, 3.8) is 0 Å². The van der Waals surface area contributed by atoms with Gasteiger partial charge in [0.25, 0.3) is 5.91 Å². The maximum absolute atomic E-state index is 12.4. The molecule has 0 radical (unpaired) electrons. The average Bonchev–Trinajstić information content (AvgIpc) is 3.14. The first kappa shape index (κ1) is 23.2. The number of para-hydroxylation sites is 2. The first-order valence-corrected chi connectivity index (χ1v) is 11.6. The zero-order valence-corrected chi connectivity index (χ0v) is 19.5. The van der Waals surface area contributed by atoms with Crippen LogP contribution < -0.4 is 16.6 Å². The molecule has 0 atom stereocenters. The second-order valence-corrected chi connectivity index (χ2v) is 8.60.